The van der Waals surface area contributed by atoms with Crippen LogP contribution in [0.15, 0.2) is 60.8 Å². The Bertz CT molecular complexity index is 1540. The number of phosphoric acid groups is 1. The molecule has 0 aromatic rings. The Morgan fingerprint density at radius 2 is 0.772 bits per heavy atom. The van der Waals surface area contributed by atoms with Crippen molar-refractivity contribution in [3.63, 3.8) is 0 Å². The van der Waals surface area contributed by atoms with Gasteiger partial charge in [0, 0.05) is 12.8 Å². The van der Waals surface area contributed by atoms with Gasteiger partial charge >= 0.3 is 13.8 Å². The minimum Gasteiger partial charge on any atom is -0.456 e. The molecule has 0 aromatic heterocycles. The van der Waals surface area contributed by atoms with E-state index in [1.54, 1.807) is 0 Å². The molecule has 3 unspecified atom stereocenters. The Morgan fingerprint density at radius 3 is 1.19 bits per heavy atom. The first kappa shape index (κ1) is 76.7. The second-order valence-corrected chi connectivity index (χ2v) is 25.4. The van der Waals surface area contributed by atoms with Gasteiger partial charge in [0.2, 0.25) is 5.91 Å². The van der Waals surface area contributed by atoms with Crippen LogP contribution in [0.4, 0.5) is 0 Å². The predicted octanol–water partition coefficient (Wildman–Crippen LogP) is 21.0. The summed E-state index contributed by atoms with van der Waals surface area (Å²) in [4.78, 5) is 37.8. The molecular formula is C69H130N2O7P+. The summed E-state index contributed by atoms with van der Waals surface area (Å²) in [5.74, 6) is -0.505. The van der Waals surface area contributed by atoms with Crippen LogP contribution in [0.2, 0.25) is 0 Å². The largest absolute Gasteiger partial charge is 0.472 e. The fraction of sp³-hybridized carbons (Fsp3) is 0.826. The fourth-order valence-electron chi connectivity index (χ4n) is 9.71. The van der Waals surface area contributed by atoms with Crippen LogP contribution in [-0.2, 0) is 27.9 Å². The molecule has 79 heavy (non-hydrogen) atoms. The normalized spacial score (nSPS) is 14.0. The summed E-state index contributed by atoms with van der Waals surface area (Å²) < 4.78 is 30.8. The van der Waals surface area contributed by atoms with Gasteiger partial charge in [-0.25, -0.2) is 4.57 Å². The van der Waals surface area contributed by atoms with Gasteiger partial charge in [-0.15, -0.1) is 0 Å². The molecule has 0 aromatic carbocycles. The lowest BCUT2D eigenvalue weighted by molar-refractivity contribution is -0.870. The molecule has 3 atom stereocenters. The molecule has 0 spiro atoms. The monoisotopic (exact) mass is 1130 g/mol. The summed E-state index contributed by atoms with van der Waals surface area (Å²) in [6, 6.07) is -0.853. The van der Waals surface area contributed by atoms with E-state index < -0.39 is 20.0 Å². The molecule has 0 bridgehead atoms. The van der Waals surface area contributed by atoms with Crippen molar-refractivity contribution in [2.24, 2.45) is 0 Å². The summed E-state index contributed by atoms with van der Waals surface area (Å²) in [6.07, 6.45) is 75.0. The molecule has 2 N–H and O–H groups in total. The van der Waals surface area contributed by atoms with Crippen molar-refractivity contribution in [2.75, 3.05) is 40.9 Å². The summed E-state index contributed by atoms with van der Waals surface area (Å²) in [5, 5.41) is 3.06. The van der Waals surface area contributed by atoms with E-state index in [9.17, 15) is 19.0 Å². The standard InChI is InChI=1S/C69H129N2O7P/c1-7-10-13-16-19-22-25-28-30-32-33-34-35-36-37-39-41-44-47-50-53-56-59-62-69(73)78-67(60-57-54-51-48-45-42-27-24-21-18-15-12-9-3)66(65-77-79(74,75)76-64-63-71(4,5)6)70-68(72)61-58-55-52-49-46-43-40-38-31-29-26-23-20-17-14-11-8-2/h19,22,28-31,33-34,57,60,66-67H,7-18,20-21,23-27,32,35-56,58-59,61-65H2,1-6H3,(H-,70,72,74,75)/p+1/b22-19-,30-28-,31-29+,34-33-,60-57-. The number of nitrogens with zero attached hydrogens (tertiary/aromatic N) is 1. The highest BCUT2D eigenvalue weighted by Gasteiger charge is 2.30. The van der Waals surface area contributed by atoms with Gasteiger partial charge in [-0.3, -0.25) is 18.6 Å². The number of ether oxygens (including phenoxy) is 1. The Balaban J connectivity index is 5.18. The molecule has 0 aliphatic carbocycles. The van der Waals surface area contributed by atoms with E-state index in [0.29, 0.717) is 17.4 Å². The lowest BCUT2D eigenvalue weighted by atomic mass is 10.0. The molecule has 1 amide bonds. The second kappa shape index (κ2) is 58.9. The van der Waals surface area contributed by atoms with Gasteiger partial charge < -0.3 is 19.4 Å². The highest BCUT2D eigenvalue weighted by atomic mass is 31.2. The number of phosphoric ester groups is 1. The number of esters is 1. The number of carbonyl (C=O) groups is 2. The maximum Gasteiger partial charge on any atom is 0.472 e. The number of quaternary nitrogens is 1. The quantitative estimate of drug-likeness (QED) is 0.0205. The topological polar surface area (TPSA) is 111 Å². The van der Waals surface area contributed by atoms with Crippen LogP contribution in [0.5, 0.6) is 0 Å². The summed E-state index contributed by atoms with van der Waals surface area (Å²) >= 11 is 0. The van der Waals surface area contributed by atoms with Crippen molar-refractivity contribution in [1.29, 1.82) is 0 Å². The molecule has 0 saturated heterocycles. The van der Waals surface area contributed by atoms with E-state index >= 15 is 0 Å². The van der Waals surface area contributed by atoms with Crippen molar-refractivity contribution >= 4 is 19.7 Å². The Labute approximate surface area is 490 Å². The van der Waals surface area contributed by atoms with E-state index in [2.05, 4.69) is 74.7 Å². The molecule has 9 nitrogen and oxygen atoms in total. The highest BCUT2D eigenvalue weighted by Crippen LogP contribution is 2.43. The number of hydrogen-bond donors (Lipinski definition) is 2. The Hall–Kier alpha value is -2.29. The van der Waals surface area contributed by atoms with Crippen molar-refractivity contribution < 1.29 is 37.3 Å². The van der Waals surface area contributed by atoms with Crippen molar-refractivity contribution in [3.05, 3.63) is 60.8 Å². The summed E-state index contributed by atoms with van der Waals surface area (Å²) in [7, 11) is 1.50. The van der Waals surface area contributed by atoms with Crippen LogP contribution in [-0.4, -0.2) is 74.3 Å². The number of allylic oxidation sites excluding steroid dienone is 9. The van der Waals surface area contributed by atoms with Gasteiger partial charge in [-0.2, -0.15) is 0 Å². The first-order chi connectivity index (χ1) is 38.4. The van der Waals surface area contributed by atoms with E-state index in [1.807, 2.05) is 33.3 Å². The van der Waals surface area contributed by atoms with Crippen LogP contribution in [0, 0.1) is 0 Å². The smallest absolute Gasteiger partial charge is 0.456 e. The van der Waals surface area contributed by atoms with E-state index in [0.717, 1.165) is 83.5 Å². The molecule has 10 heteroatoms. The average molecular weight is 1130 g/mol. The summed E-state index contributed by atoms with van der Waals surface area (Å²) in [5.41, 5.74) is 0. The third-order valence-electron chi connectivity index (χ3n) is 14.9. The zero-order valence-corrected chi connectivity index (χ0v) is 53.8. The van der Waals surface area contributed by atoms with Crippen LogP contribution in [0.1, 0.15) is 316 Å². The maximum atomic E-state index is 13.6. The van der Waals surface area contributed by atoms with Gasteiger partial charge in [0.15, 0.2) is 0 Å². The maximum absolute atomic E-state index is 13.6. The van der Waals surface area contributed by atoms with E-state index in [-0.39, 0.29) is 31.5 Å². The first-order valence-electron chi connectivity index (χ1n) is 33.6. The number of nitrogens with one attached hydrogen (secondary N) is 1. The lowest BCUT2D eigenvalue weighted by Gasteiger charge is -2.27. The minimum atomic E-state index is -4.45. The van der Waals surface area contributed by atoms with Crippen molar-refractivity contribution in [3.8, 4) is 0 Å². The van der Waals surface area contributed by atoms with Gasteiger partial charge in [0.25, 0.3) is 0 Å². The number of rotatable bonds is 61. The highest BCUT2D eigenvalue weighted by molar-refractivity contribution is 7.47. The Kier molecular flexibility index (Phi) is 57.2. The van der Waals surface area contributed by atoms with E-state index in [1.165, 1.54) is 199 Å². The third-order valence-corrected chi connectivity index (χ3v) is 15.9. The first-order valence-corrected chi connectivity index (χ1v) is 35.1. The van der Waals surface area contributed by atoms with Crippen LogP contribution in [0.25, 0.3) is 0 Å². The number of likely N-dealkylation sites (N-methyl/N-ethyl adjacent to an activating group) is 1. The molecule has 0 saturated carbocycles. The minimum absolute atomic E-state index is 0.0384. The van der Waals surface area contributed by atoms with Crippen molar-refractivity contribution in [1.82, 2.24) is 5.32 Å². The Morgan fingerprint density at radius 1 is 0.443 bits per heavy atom. The third kappa shape index (κ3) is 60.1. The van der Waals surface area contributed by atoms with Gasteiger partial charge in [0.05, 0.1) is 33.8 Å². The molecule has 0 radical (unpaired) electrons. The van der Waals surface area contributed by atoms with Crippen LogP contribution >= 0.6 is 7.82 Å². The molecule has 0 aliphatic heterocycles. The lowest BCUT2D eigenvalue weighted by Crippen LogP contribution is -2.47. The molecule has 0 fully saturated rings. The fourth-order valence-corrected chi connectivity index (χ4v) is 10.4. The molecule has 0 aliphatic rings. The van der Waals surface area contributed by atoms with Gasteiger partial charge in [0.1, 0.15) is 19.3 Å². The van der Waals surface area contributed by atoms with Gasteiger partial charge in [-0.1, -0.05) is 268 Å². The number of hydrogen-bond acceptors (Lipinski definition) is 6. The van der Waals surface area contributed by atoms with Crippen LogP contribution < -0.4 is 5.32 Å². The molecular weight excluding hydrogens is 1000 g/mol. The van der Waals surface area contributed by atoms with E-state index in [4.69, 9.17) is 13.8 Å². The average Bonchev–Trinajstić information content (AvgIpc) is 3.41. The number of amides is 1. The number of carbonyl (C=O) groups excluding carboxylic acids is 2. The van der Waals surface area contributed by atoms with Gasteiger partial charge in [-0.05, 0) is 96.0 Å². The zero-order valence-electron chi connectivity index (χ0n) is 52.9. The molecule has 462 valence electrons. The predicted molar refractivity (Wildman–Crippen MR) is 342 cm³/mol. The number of unbranched alkanes of at least 4 members (excludes halogenated alkanes) is 37. The zero-order chi connectivity index (χ0) is 57.9. The molecule has 0 rings (SSSR count). The molecule has 0 heterocycles. The van der Waals surface area contributed by atoms with Crippen LogP contribution in [0.3, 0.4) is 0 Å². The summed E-state index contributed by atoms with van der Waals surface area (Å²) in [6.45, 7) is 7.01. The SMILES string of the molecule is CCCCC/C=C\C/C=C\C/C=C\CCCCCCCCCCCCC(=O)OC(/C=C\CCCCCCCCCCCCC)C(COP(=O)(O)OCC[N+](C)(C)C)NC(=O)CCCCCCCCC/C=C/CCCCCCCC. The van der Waals surface area contributed by atoms with Crippen molar-refractivity contribution in [2.45, 2.75) is 328 Å². The second-order valence-electron chi connectivity index (χ2n) is 24.0.